The van der Waals surface area contributed by atoms with Crippen molar-refractivity contribution in [2.75, 3.05) is 23.7 Å². The quantitative estimate of drug-likeness (QED) is 0.854. The number of nitrogens with two attached hydrogens (primary N) is 1. The highest BCUT2D eigenvalue weighted by Gasteiger charge is 2.25. The van der Waals surface area contributed by atoms with Gasteiger partial charge in [-0.15, -0.1) is 0 Å². The molecule has 0 radical (unpaired) electrons. The monoisotopic (exact) mass is 276 g/mol. The first-order valence-electron chi connectivity index (χ1n) is 7.57. The Balaban J connectivity index is 2.26. The molecule has 2 rings (SSSR count). The zero-order valence-corrected chi connectivity index (χ0v) is 13.5. The Kier molecular flexibility index (Phi) is 3.94. The molecule has 1 aromatic heterocycles. The summed E-state index contributed by atoms with van der Waals surface area (Å²) in [6, 6.07) is 1.91. The van der Waals surface area contributed by atoms with Gasteiger partial charge in [0.1, 0.15) is 17.5 Å². The van der Waals surface area contributed by atoms with Crippen molar-refractivity contribution in [2.24, 2.45) is 5.41 Å². The maximum absolute atomic E-state index is 5.98. The van der Waals surface area contributed by atoms with Crippen LogP contribution in [-0.4, -0.2) is 23.1 Å². The molecule has 2 heterocycles. The number of rotatable bonds is 1. The van der Waals surface area contributed by atoms with Crippen LogP contribution in [-0.2, 0) is 5.41 Å². The van der Waals surface area contributed by atoms with Gasteiger partial charge in [-0.1, -0.05) is 34.6 Å². The summed E-state index contributed by atoms with van der Waals surface area (Å²) in [5.74, 6) is 2.39. The molecular weight excluding hydrogens is 248 g/mol. The van der Waals surface area contributed by atoms with Gasteiger partial charge in [-0.25, -0.2) is 9.97 Å². The number of hydrogen-bond acceptors (Lipinski definition) is 4. The maximum atomic E-state index is 5.98. The average molecular weight is 276 g/mol. The predicted molar refractivity (Wildman–Crippen MR) is 85.0 cm³/mol. The fraction of sp³-hybridized carbons (Fsp3) is 0.750. The molecule has 1 aliphatic rings. The third kappa shape index (κ3) is 3.62. The van der Waals surface area contributed by atoms with Gasteiger partial charge in [0.25, 0.3) is 0 Å². The summed E-state index contributed by atoms with van der Waals surface area (Å²) < 4.78 is 0. The molecule has 1 aromatic rings. The summed E-state index contributed by atoms with van der Waals surface area (Å²) >= 11 is 0. The number of nitrogen functional groups attached to an aromatic ring is 1. The van der Waals surface area contributed by atoms with Crippen molar-refractivity contribution in [2.45, 2.75) is 59.3 Å². The Morgan fingerprint density at radius 1 is 1.15 bits per heavy atom. The number of aromatic nitrogens is 2. The van der Waals surface area contributed by atoms with Crippen LogP contribution in [0.15, 0.2) is 6.07 Å². The molecule has 0 unspecified atom stereocenters. The van der Waals surface area contributed by atoms with Crippen LogP contribution in [0, 0.1) is 5.41 Å². The molecule has 112 valence electrons. The molecule has 0 spiro atoms. The first kappa shape index (κ1) is 15.1. The summed E-state index contributed by atoms with van der Waals surface area (Å²) in [5.41, 5.74) is 6.33. The summed E-state index contributed by atoms with van der Waals surface area (Å²) in [6.07, 6.45) is 3.68. The van der Waals surface area contributed by atoms with Gasteiger partial charge in [0, 0.05) is 24.6 Å². The second-order valence-electron chi connectivity index (χ2n) is 7.73. The summed E-state index contributed by atoms with van der Waals surface area (Å²) in [5, 5.41) is 0. The fourth-order valence-electron chi connectivity index (χ4n) is 2.60. The molecule has 1 aliphatic heterocycles. The van der Waals surface area contributed by atoms with Crippen LogP contribution in [0.5, 0.6) is 0 Å². The van der Waals surface area contributed by atoms with Crippen molar-refractivity contribution in [1.82, 2.24) is 9.97 Å². The van der Waals surface area contributed by atoms with E-state index in [9.17, 15) is 0 Å². The van der Waals surface area contributed by atoms with Gasteiger partial charge >= 0.3 is 0 Å². The van der Waals surface area contributed by atoms with Gasteiger partial charge in [-0.3, -0.25) is 0 Å². The van der Waals surface area contributed by atoms with Crippen LogP contribution in [0.3, 0.4) is 0 Å². The summed E-state index contributed by atoms with van der Waals surface area (Å²) in [7, 11) is 0. The van der Waals surface area contributed by atoms with E-state index >= 15 is 0 Å². The lowest BCUT2D eigenvalue weighted by Gasteiger charge is -2.26. The second-order valence-corrected chi connectivity index (χ2v) is 7.73. The summed E-state index contributed by atoms with van der Waals surface area (Å²) in [4.78, 5) is 11.5. The lowest BCUT2D eigenvalue weighted by molar-refractivity contribution is 0.325. The molecular formula is C16H28N4. The van der Waals surface area contributed by atoms with Crippen LogP contribution >= 0.6 is 0 Å². The van der Waals surface area contributed by atoms with E-state index in [0.717, 1.165) is 24.7 Å². The van der Waals surface area contributed by atoms with E-state index in [-0.39, 0.29) is 5.41 Å². The second kappa shape index (κ2) is 5.23. The molecule has 0 aliphatic carbocycles. The fourth-order valence-corrected chi connectivity index (χ4v) is 2.60. The van der Waals surface area contributed by atoms with E-state index < -0.39 is 0 Å². The molecule has 20 heavy (non-hydrogen) atoms. The SMILES string of the molecule is CC1(C)CCCN(c2cc(N)nc(C(C)(C)C)n2)CC1. The van der Waals surface area contributed by atoms with E-state index in [4.69, 9.17) is 10.7 Å². The predicted octanol–water partition coefficient (Wildman–Crippen LogP) is 3.37. The van der Waals surface area contributed by atoms with Gasteiger partial charge in [0.2, 0.25) is 0 Å². The lowest BCUT2D eigenvalue weighted by atomic mass is 9.85. The molecule has 0 aromatic carbocycles. The maximum Gasteiger partial charge on any atom is 0.138 e. The van der Waals surface area contributed by atoms with E-state index in [0.29, 0.717) is 11.2 Å². The molecule has 1 fully saturated rings. The highest BCUT2D eigenvalue weighted by molar-refractivity contribution is 5.47. The van der Waals surface area contributed by atoms with E-state index in [1.807, 2.05) is 6.07 Å². The van der Waals surface area contributed by atoms with Gasteiger partial charge < -0.3 is 10.6 Å². The first-order valence-corrected chi connectivity index (χ1v) is 7.57. The van der Waals surface area contributed by atoms with Crippen LogP contribution in [0.25, 0.3) is 0 Å². The Morgan fingerprint density at radius 2 is 1.85 bits per heavy atom. The molecule has 0 bridgehead atoms. The molecule has 2 N–H and O–H groups in total. The minimum atomic E-state index is -0.0742. The average Bonchev–Trinajstić information content (AvgIpc) is 2.48. The normalized spacial score (nSPS) is 19.8. The van der Waals surface area contributed by atoms with E-state index in [1.165, 1.54) is 19.3 Å². The van der Waals surface area contributed by atoms with Crippen molar-refractivity contribution in [3.05, 3.63) is 11.9 Å². The largest absolute Gasteiger partial charge is 0.384 e. The molecule has 0 atom stereocenters. The van der Waals surface area contributed by atoms with E-state index in [1.54, 1.807) is 0 Å². The topological polar surface area (TPSA) is 55.0 Å². The Morgan fingerprint density at radius 3 is 2.50 bits per heavy atom. The molecule has 4 nitrogen and oxygen atoms in total. The number of hydrogen-bond donors (Lipinski definition) is 1. The van der Waals surface area contributed by atoms with Gasteiger partial charge in [0.05, 0.1) is 0 Å². The molecule has 1 saturated heterocycles. The lowest BCUT2D eigenvalue weighted by Crippen LogP contribution is -2.28. The Labute approximate surface area is 122 Å². The van der Waals surface area contributed by atoms with Crippen molar-refractivity contribution >= 4 is 11.6 Å². The van der Waals surface area contributed by atoms with Crippen molar-refractivity contribution in [3.63, 3.8) is 0 Å². The van der Waals surface area contributed by atoms with Gasteiger partial charge in [-0.05, 0) is 24.7 Å². The standard InChI is InChI=1S/C16H28N4/c1-15(2,3)14-18-12(17)11-13(19-14)20-9-6-7-16(4,5)8-10-20/h11H,6-10H2,1-5H3,(H2,17,18,19). The molecule has 0 amide bonds. The van der Waals surface area contributed by atoms with Crippen molar-refractivity contribution in [1.29, 1.82) is 0 Å². The zero-order chi connectivity index (χ0) is 15.0. The Hall–Kier alpha value is -1.32. The highest BCUT2D eigenvalue weighted by Crippen LogP contribution is 2.32. The smallest absolute Gasteiger partial charge is 0.138 e. The minimum absolute atomic E-state index is 0.0742. The van der Waals surface area contributed by atoms with Crippen molar-refractivity contribution < 1.29 is 0 Å². The zero-order valence-electron chi connectivity index (χ0n) is 13.5. The van der Waals surface area contributed by atoms with Gasteiger partial charge in [0.15, 0.2) is 0 Å². The number of nitrogens with zero attached hydrogens (tertiary/aromatic N) is 3. The van der Waals surface area contributed by atoms with E-state index in [2.05, 4.69) is 44.5 Å². The third-order valence-electron chi connectivity index (χ3n) is 4.07. The minimum Gasteiger partial charge on any atom is -0.384 e. The summed E-state index contributed by atoms with van der Waals surface area (Å²) in [6.45, 7) is 13.2. The van der Waals surface area contributed by atoms with Crippen LogP contribution in [0.4, 0.5) is 11.6 Å². The molecule has 4 heteroatoms. The van der Waals surface area contributed by atoms with Crippen LogP contribution in [0.2, 0.25) is 0 Å². The molecule has 0 saturated carbocycles. The van der Waals surface area contributed by atoms with Crippen LogP contribution in [0.1, 0.15) is 59.7 Å². The van der Waals surface area contributed by atoms with Gasteiger partial charge in [-0.2, -0.15) is 0 Å². The van der Waals surface area contributed by atoms with Crippen molar-refractivity contribution in [3.8, 4) is 0 Å². The van der Waals surface area contributed by atoms with Crippen LogP contribution < -0.4 is 10.6 Å². The first-order chi connectivity index (χ1) is 9.17. The highest BCUT2D eigenvalue weighted by atomic mass is 15.2. The Bertz CT molecular complexity index is 474. The number of anilines is 2. The third-order valence-corrected chi connectivity index (χ3v) is 4.07.